The number of nitrogens with zero attached hydrogens (tertiary/aromatic N) is 1. The summed E-state index contributed by atoms with van der Waals surface area (Å²) in [6, 6.07) is 8.99. The molecule has 2 heteroatoms. The predicted octanol–water partition coefficient (Wildman–Crippen LogP) is 4.05. The van der Waals surface area contributed by atoms with Gasteiger partial charge in [-0.2, -0.15) is 0 Å². The molecule has 0 heterocycles. The topological polar surface area (TPSA) is 15.3 Å². The Morgan fingerprint density at radius 1 is 1.05 bits per heavy atom. The molecule has 0 atom stereocenters. The van der Waals surface area contributed by atoms with Gasteiger partial charge in [0, 0.05) is 18.6 Å². The summed E-state index contributed by atoms with van der Waals surface area (Å²) in [5, 5.41) is 3.52. The molecule has 0 aliphatic heterocycles. The summed E-state index contributed by atoms with van der Waals surface area (Å²) in [5.74, 6) is 0.781. The lowest BCUT2D eigenvalue weighted by atomic mass is 10.1. The molecule has 0 saturated carbocycles. The zero-order valence-electron chi connectivity index (χ0n) is 14.2. The molecule has 0 aliphatic rings. The van der Waals surface area contributed by atoms with Crippen LogP contribution < -0.4 is 5.32 Å². The van der Waals surface area contributed by atoms with E-state index in [-0.39, 0.29) is 5.54 Å². The van der Waals surface area contributed by atoms with E-state index in [0.717, 1.165) is 19.0 Å². The van der Waals surface area contributed by atoms with Crippen LogP contribution in [0.3, 0.4) is 0 Å². The van der Waals surface area contributed by atoms with Crippen molar-refractivity contribution in [3.05, 3.63) is 35.4 Å². The van der Waals surface area contributed by atoms with Crippen LogP contribution in [0.5, 0.6) is 0 Å². The molecule has 20 heavy (non-hydrogen) atoms. The molecular weight excluding hydrogens is 244 g/mol. The van der Waals surface area contributed by atoms with Crippen molar-refractivity contribution in [1.82, 2.24) is 10.2 Å². The van der Waals surface area contributed by atoms with Gasteiger partial charge in [0.2, 0.25) is 0 Å². The summed E-state index contributed by atoms with van der Waals surface area (Å²) in [5.41, 5.74) is 2.93. The van der Waals surface area contributed by atoms with Crippen LogP contribution in [-0.4, -0.2) is 24.0 Å². The van der Waals surface area contributed by atoms with Gasteiger partial charge in [0.15, 0.2) is 0 Å². The van der Waals surface area contributed by atoms with E-state index in [1.165, 1.54) is 24.1 Å². The molecule has 0 saturated heterocycles. The van der Waals surface area contributed by atoms with E-state index in [4.69, 9.17) is 0 Å². The molecule has 2 nitrogen and oxygen atoms in total. The average Bonchev–Trinajstić information content (AvgIpc) is 2.34. The molecule has 1 aromatic rings. The molecule has 114 valence electrons. The first kappa shape index (κ1) is 17.2. The van der Waals surface area contributed by atoms with Gasteiger partial charge in [-0.1, -0.05) is 38.1 Å². The fourth-order valence-corrected chi connectivity index (χ4v) is 2.00. The van der Waals surface area contributed by atoms with Crippen molar-refractivity contribution in [3.8, 4) is 0 Å². The van der Waals surface area contributed by atoms with Crippen molar-refractivity contribution in [2.24, 2.45) is 5.92 Å². The zero-order chi connectivity index (χ0) is 15.2. The van der Waals surface area contributed by atoms with Gasteiger partial charge in [-0.15, -0.1) is 0 Å². The Balaban J connectivity index is 2.42. The third-order valence-electron chi connectivity index (χ3n) is 3.39. The maximum atomic E-state index is 3.52. The molecule has 0 unspecified atom stereocenters. The summed E-state index contributed by atoms with van der Waals surface area (Å²) in [7, 11) is 2.21. The van der Waals surface area contributed by atoms with Gasteiger partial charge >= 0.3 is 0 Å². The minimum absolute atomic E-state index is 0.176. The Hall–Kier alpha value is -0.860. The lowest BCUT2D eigenvalue weighted by molar-refractivity contribution is 0.303. The molecule has 1 rings (SSSR count). The maximum Gasteiger partial charge on any atom is 0.0230 e. The largest absolute Gasteiger partial charge is 0.308 e. The second-order valence-corrected chi connectivity index (χ2v) is 7.34. The Morgan fingerprint density at radius 3 is 2.10 bits per heavy atom. The number of hydrogen-bond acceptors (Lipinski definition) is 2. The number of rotatable bonds is 7. The van der Waals surface area contributed by atoms with Gasteiger partial charge in [0.05, 0.1) is 0 Å². The second-order valence-electron chi connectivity index (χ2n) is 7.34. The van der Waals surface area contributed by atoms with E-state index in [0.29, 0.717) is 0 Å². The van der Waals surface area contributed by atoms with Crippen molar-refractivity contribution in [2.45, 2.75) is 59.7 Å². The monoisotopic (exact) mass is 276 g/mol. The molecular formula is C18H32N2. The normalized spacial score (nSPS) is 12.4. The number of nitrogens with one attached hydrogen (secondary N) is 1. The lowest BCUT2D eigenvalue weighted by Gasteiger charge is -2.21. The third kappa shape index (κ3) is 7.66. The maximum absolute atomic E-state index is 3.52. The van der Waals surface area contributed by atoms with Crippen molar-refractivity contribution in [2.75, 3.05) is 13.6 Å². The van der Waals surface area contributed by atoms with Crippen LogP contribution in [0, 0.1) is 5.92 Å². The van der Waals surface area contributed by atoms with Crippen molar-refractivity contribution >= 4 is 0 Å². The van der Waals surface area contributed by atoms with Crippen molar-refractivity contribution < 1.29 is 0 Å². The summed E-state index contributed by atoms with van der Waals surface area (Å²) < 4.78 is 0. The van der Waals surface area contributed by atoms with E-state index < -0.39 is 0 Å². The van der Waals surface area contributed by atoms with E-state index in [2.05, 4.69) is 76.1 Å². The zero-order valence-corrected chi connectivity index (χ0v) is 14.2. The van der Waals surface area contributed by atoms with Crippen molar-refractivity contribution in [1.29, 1.82) is 0 Å². The standard InChI is InChI=1S/C18H32N2/c1-15(2)11-12-20(6)14-17-9-7-16(8-10-17)13-19-18(3,4)5/h7-10,15,19H,11-14H2,1-6H3. The smallest absolute Gasteiger partial charge is 0.0230 e. The fraction of sp³-hybridized carbons (Fsp3) is 0.667. The molecule has 1 aromatic carbocycles. The summed E-state index contributed by atoms with van der Waals surface area (Å²) in [6.07, 6.45) is 1.27. The lowest BCUT2D eigenvalue weighted by Crippen LogP contribution is -2.35. The van der Waals surface area contributed by atoms with Crippen molar-refractivity contribution in [3.63, 3.8) is 0 Å². The minimum Gasteiger partial charge on any atom is -0.308 e. The summed E-state index contributed by atoms with van der Waals surface area (Å²) in [6.45, 7) is 14.3. The number of benzene rings is 1. The third-order valence-corrected chi connectivity index (χ3v) is 3.39. The first-order valence-corrected chi connectivity index (χ1v) is 7.77. The van der Waals surface area contributed by atoms with E-state index >= 15 is 0 Å². The Kier molecular flexibility index (Phi) is 6.70. The van der Waals surface area contributed by atoms with Crippen LogP contribution >= 0.6 is 0 Å². The van der Waals surface area contributed by atoms with Crippen LogP contribution in [0.4, 0.5) is 0 Å². The van der Waals surface area contributed by atoms with Crippen LogP contribution in [0.15, 0.2) is 24.3 Å². The average molecular weight is 276 g/mol. The van der Waals surface area contributed by atoms with E-state index in [1.807, 2.05) is 0 Å². The van der Waals surface area contributed by atoms with Gasteiger partial charge in [-0.3, -0.25) is 0 Å². The highest BCUT2D eigenvalue weighted by molar-refractivity contribution is 5.22. The second kappa shape index (κ2) is 7.80. The quantitative estimate of drug-likeness (QED) is 0.808. The molecule has 0 amide bonds. The van der Waals surface area contributed by atoms with Crippen LogP contribution in [0.1, 0.15) is 52.2 Å². The van der Waals surface area contributed by atoms with Gasteiger partial charge in [0.1, 0.15) is 0 Å². The van der Waals surface area contributed by atoms with Gasteiger partial charge in [0.25, 0.3) is 0 Å². The first-order chi connectivity index (χ1) is 9.26. The number of hydrogen-bond donors (Lipinski definition) is 1. The van der Waals surface area contributed by atoms with E-state index in [1.54, 1.807) is 0 Å². The van der Waals surface area contributed by atoms with Crippen LogP contribution in [-0.2, 0) is 13.1 Å². The van der Waals surface area contributed by atoms with Gasteiger partial charge < -0.3 is 10.2 Å². The Bertz CT molecular complexity index is 373. The Morgan fingerprint density at radius 2 is 1.60 bits per heavy atom. The fourth-order valence-electron chi connectivity index (χ4n) is 2.00. The molecule has 0 bridgehead atoms. The summed E-state index contributed by atoms with van der Waals surface area (Å²) >= 11 is 0. The highest BCUT2D eigenvalue weighted by atomic mass is 15.1. The molecule has 0 aromatic heterocycles. The highest BCUT2D eigenvalue weighted by Crippen LogP contribution is 2.10. The van der Waals surface area contributed by atoms with E-state index in [9.17, 15) is 0 Å². The summed E-state index contributed by atoms with van der Waals surface area (Å²) in [4.78, 5) is 2.41. The molecule has 1 N–H and O–H groups in total. The molecule has 0 radical (unpaired) electrons. The Labute approximate surface area is 125 Å². The van der Waals surface area contributed by atoms with Gasteiger partial charge in [-0.25, -0.2) is 0 Å². The molecule has 0 aliphatic carbocycles. The first-order valence-electron chi connectivity index (χ1n) is 7.77. The minimum atomic E-state index is 0.176. The van der Waals surface area contributed by atoms with Crippen LogP contribution in [0.25, 0.3) is 0 Å². The predicted molar refractivity (Wildman–Crippen MR) is 88.8 cm³/mol. The van der Waals surface area contributed by atoms with Gasteiger partial charge in [-0.05, 0) is 57.8 Å². The molecule has 0 spiro atoms. The van der Waals surface area contributed by atoms with Crippen LogP contribution in [0.2, 0.25) is 0 Å². The highest BCUT2D eigenvalue weighted by Gasteiger charge is 2.08. The SMILES string of the molecule is CC(C)CCN(C)Cc1ccc(CNC(C)(C)C)cc1. The molecule has 0 fully saturated rings.